The van der Waals surface area contributed by atoms with Crippen molar-refractivity contribution in [3.05, 3.63) is 36.4 Å². The smallest absolute Gasteiger partial charge is 0.120 e. The lowest BCUT2D eigenvalue weighted by atomic mass is 10.1. The summed E-state index contributed by atoms with van der Waals surface area (Å²) < 4.78 is 12.3. The largest absolute Gasteiger partial charge is 0.494 e. The minimum absolute atomic E-state index is 0.749. The van der Waals surface area contributed by atoms with Gasteiger partial charge in [0.15, 0.2) is 0 Å². The lowest BCUT2D eigenvalue weighted by Gasteiger charge is -2.20. The number of fused-ring (bicyclic) bond motifs is 3. The van der Waals surface area contributed by atoms with Crippen molar-refractivity contribution >= 4 is 21.8 Å². The number of hydrogen-bond donors (Lipinski definition) is 1. The van der Waals surface area contributed by atoms with Gasteiger partial charge >= 0.3 is 0 Å². The maximum absolute atomic E-state index is 6.13. The maximum atomic E-state index is 6.13. The number of nitrogens with zero attached hydrogens (tertiary/aromatic N) is 2. The maximum Gasteiger partial charge on any atom is 0.120 e. The molecule has 3 aromatic rings. The van der Waals surface area contributed by atoms with Crippen LogP contribution in [-0.4, -0.2) is 67.3 Å². The number of rotatable bonds is 18. The summed E-state index contributed by atoms with van der Waals surface area (Å²) in [7, 11) is 0. The standard InChI is InChI=1S/C30H47N3O2/c1-5-15-32(16-6-2)19-9-21-34-25-11-13-29-27(23-25)28-24-26(12-14-30(28)31-29)35-22-10-20-33(17-7-3)18-8-4/h11-14,23-24,31H,5-10,15-22H2,1-4H3. The highest BCUT2D eigenvalue weighted by Gasteiger charge is 2.09. The zero-order chi connectivity index (χ0) is 24.9. The highest BCUT2D eigenvalue weighted by molar-refractivity contribution is 6.08. The van der Waals surface area contributed by atoms with E-state index in [1.807, 2.05) is 0 Å². The second-order valence-corrected chi connectivity index (χ2v) is 9.63. The summed E-state index contributed by atoms with van der Waals surface area (Å²) in [6, 6.07) is 12.7. The molecule has 1 N–H and O–H groups in total. The van der Waals surface area contributed by atoms with E-state index < -0.39 is 0 Å². The molecule has 3 rings (SSSR count). The van der Waals surface area contributed by atoms with Crippen LogP contribution in [0.2, 0.25) is 0 Å². The molecule has 0 aliphatic rings. The Morgan fingerprint density at radius 2 is 0.971 bits per heavy atom. The monoisotopic (exact) mass is 481 g/mol. The topological polar surface area (TPSA) is 40.7 Å². The van der Waals surface area contributed by atoms with Crippen LogP contribution in [0.5, 0.6) is 11.5 Å². The highest BCUT2D eigenvalue weighted by atomic mass is 16.5. The van der Waals surface area contributed by atoms with Crippen LogP contribution in [-0.2, 0) is 0 Å². The first kappa shape index (κ1) is 27.3. The summed E-state index contributed by atoms with van der Waals surface area (Å²) in [6.07, 6.45) is 6.94. The normalized spacial score (nSPS) is 11.8. The van der Waals surface area contributed by atoms with Crippen LogP contribution in [0.25, 0.3) is 21.8 Å². The third kappa shape index (κ3) is 8.43. The van der Waals surface area contributed by atoms with E-state index in [2.05, 4.69) is 78.9 Å². The molecule has 1 heterocycles. The Labute approximate surface area is 212 Å². The molecule has 35 heavy (non-hydrogen) atoms. The molecular weight excluding hydrogens is 434 g/mol. The van der Waals surface area contributed by atoms with Crippen molar-refractivity contribution in [1.82, 2.24) is 14.8 Å². The Bertz CT molecular complexity index is 910. The van der Waals surface area contributed by atoms with Gasteiger partial charge in [0.05, 0.1) is 13.2 Å². The summed E-state index contributed by atoms with van der Waals surface area (Å²) in [6.45, 7) is 17.4. The Kier molecular flexibility index (Phi) is 11.7. The molecule has 0 aliphatic carbocycles. The quantitative estimate of drug-likeness (QED) is 0.197. The number of benzene rings is 2. The first-order valence-corrected chi connectivity index (χ1v) is 13.9. The van der Waals surface area contributed by atoms with Gasteiger partial charge in [-0.1, -0.05) is 27.7 Å². The predicted octanol–water partition coefficient (Wildman–Crippen LogP) is 7.10. The van der Waals surface area contributed by atoms with Crippen LogP contribution >= 0.6 is 0 Å². The van der Waals surface area contributed by atoms with Crippen LogP contribution in [0.15, 0.2) is 36.4 Å². The first-order valence-electron chi connectivity index (χ1n) is 13.9. The Morgan fingerprint density at radius 3 is 1.34 bits per heavy atom. The number of aromatic amines is 1. The van der Waals surface area contributed by atoms with E-state index >= 15 is 0 Å². The number of nitrogens with one attached hydrogen (secondary N) is 1. The highest BCUT2D eigenvalue weighted by Crippen LogP contribution is 2.31. The van der Waals surface area contributed by atoms with Gasteiger partial charge in [0.2, 0.25) is 0 Å². The minimum atomic E-state index is 0.749. The molecule has 0 bridgehead atoms. The lowest BCUT2D eigenvalue weighted by molar-refractivity contribution is 0.234. The van der Waals surface area contributed by atoms with Crippen molar-refractivity contribution in [3.63, 3.8) is 0 Å². The second kappa shape index (κ2) is 15.0. The molecule has 0 fully saturated rings. The Morgan fingerprint density at radius 1 is 0.571 bits per heavy atom. The van der Waals surface area contributed by atoms with Crippen molar-refractivity contribution in [2.75, 3.05) is 52.5 Å². The molecule has 2 aromatic carbocycles. The molecule has 194 valence electrons. The summed E-state index contributed by atoms with van der Waals surface area (Å²) in [5.41, 5.74) is 2.27. The third-order valence-electron chi connectivity index (χ3n) is 6.48. The van der Waals surface area contributed by atoms with E-state index in [0.717, 1.165) is 61.7 Å². The number of hydrogen-bond acceptors (Lipinski definition) is 4. The van der Waals surface area contributed by atoms with Gasteiger partial charge in [0.1, 0.15) is 11.5 Å². The zero-order valence-electron chi connectivity index (χ0n) is 22.6. The van der Waals surface area contributed by atoms with Crippen LogP contribution < -0.4 is 9.47 Å². The van der Waals surface area contributed by atoms with E-state index in [0.29, 0.717) is 0 Å². The molecular formula is C30H47N3O2. The molecule has 5 nitrogen and oxygen atoms in total. The van der Waals surface area contributed by atoms with Crippen LogP contribution in [0.3, 0.4) is 0 Å². The molecule has 5 heteroatoms. The fraction of sp³-hybridized carbons (Fsp3) is 0.600. The van der Waals surface area contributed by atoms with Crippen molar-refractivity contribution in [2.24, 2.45) is 0 Å². The van der Waals surface area contributed by atoms with Crippen LogP contribution in [0.4, 0.5) is 0 Å². The predicted molar refractivity (Wildman–Crippen MR) is 150 cm³/mol. The molecule has 0 spiro atoms. The summed E-state index contributed by atoms with van der Waals surface area (Å²) in [5.74, 6) is 1.88. The van der Waals surface area contributed by atoms with E-state index in [9.17, 15) is 0 Å². The summed E-state index contributed by atoms with van der Waals surface area (Å²) >= 11 is 0. The van der Waals surface area contributed by atoms with Crippen LogP contribution in [0.1, 0.15) is 66.2 Å². The third-order valence-corrected chi connectivity index (χ3v) is 6.48. The van der Waals surface area contributed by atoms with E-state index in [4.69, 9.17) is 9.47 Å². The molecule has 0 saturated heterocycles. The number of H-pyrrole nitrogens is 1. The molecule has 0 atom stereocenters. The number of ether oxygens (including phenoxy) is 2. The van der Waals surface area contributed by atoms with E-state index in [1.165, 1.54) is 62.6 Å². The summed E-state index contributed by atoms with van der Waals surface area (Å²) in [5, 5.41) is 2.39. The fourth-order valence-electron chi connectivity index (χ4n) is 4.93. The Balaban J connectivity index is 1.57. The average molecular weight is 482 g/mol. The van der Waals surface area contributed by atoms with Crippen molar-refractivity contribution in [2.45, 2.75) is 66.2 Å². The van der Waals surface area contributed by atoms with Gasteiger partial charge in [-0.05, 0) is 101 Å². The number of aromatic nitrogens is 1. The van der Waals surface area contributed by atoms with Gasteiger partial charge in [0, 0.05) is 34.9 Å². The minimum Gasteiger partial charge on any atom is -0.494 e. The van der Waals surface area contributed by atoms with Gasteiger partial charge in [-0.3, -0.25) is 0 Å². The van der Waals surface area contributed by atoms with Crippen molar-refractivity contribution < 1.29 is 9.47 Å². The van der Waals surface area contributed by atoms with Crippen molar-refractivity contribution in [1.29, 1.82) is 0 Å². The van der Waals surface area contributed by atoms with Crippen LogP contribution in [0, 0.1) is 0 Å². The average Bonchev–Trinajstić information content (AvgIpc) is 3.22. The van der Waals surface area contributed by atoms with Gasteiger partial charge in [-0.15, -0.1) is 0 Å². The first-order chi connectivity index (χ1) is 17.2. The summed E-state index contributed by atoms with van der Waals surface area (Å²) in [4.78, 5) is 8.61. The molecule has 0 radical (unpaired) electrons. The molecule has 0 saturated carbocycles. The van der Waals surface area contributed by atoms with Crippen molar-refractivity contribution in [3.8, 4) is 11.5 Å². The zero-order valence-corrected chi connectivity index (χ0v) is 22.6. The fourth-order valence-corrected chi connectivity index (χ4v) is 4.93. The molecule has 0 unspecified atom stereocenters. The molecule has 0 amide bonds. The molecule has 1 aromatic heterocycles. The van der Waals surface area contributed by atoms with Gasteiger partial charge in [-0.2, -0.15) is 0 Å². The van der Waals surface area contributed by atoms with E-state index in [1.54, 1.807) is 0 Å². The van der Waals surface area contributed by atoms with Gasteiger partial charge in [0.25, 0.3) is 0 Å². The lowest BCUT2D eigenvalue weighted by Crippen LogP contribution is -2.27. The van der Waals surface area contributed by atoms with Gasteiger partial charge < -0.3 is 24.3 Å². The second-order valence-electron chi connectivity index (χ2n) is 9.63. The van der Waals surface area contributed by atoms with Gasteiger partial charge in [-0.25, -0.2) is 0 Å². The SMILES string of the molecule is CCCN(CCC)CCCOc1ccc2[nH]c3ccc(OCCCN(CCC)CCC)cc3c2c1. The van der Waals surface area contributed by atoms with E-state index in [-0.39, 0.29) is 0 Å². The Hall–Kier alpha value is -2.24. The molecule has 0 aliphatic heterocycles.